The predicted molar refractivity (Wildman–Crippen MR) is 113 cm³/mol. The van der Waals surface area contributed by atoms with E-state index in [0.29, 0.717) is 63.5 Å². The molecule has 2 N–H and O–H groups in total. The molecule has 0 saturated carbocycles. The molecule has 0 bridgehead atoms. The lowest BCUT2D eigenvalue weighted by atomic mass is 10.2. The largest absolute Gasteiger partial charge is 0.364 e. The number of rotatable bonds is 4. The lowest BCUT2D eigenvalue weighted by Gasteiger charge is -2.25. The van der Waals surface area contributed by atoms with Crippen LogP contribution in [0.1, 0.15) is 20.7 Å². The molecule has 0 amide bonds. The Hall–Kier alpha value is -2.78. The standard InChI is InChI=1S/C22H28N4O4/c27-21(19-7-3-1-4-8-19)29-25-15-11-23-13-17-26(18-14-24-12-16-25)30-22(28)20-9-5-2-6-10-20/h1-10,23-24H,11-18H2. The third-order valence-electron chi connectivity index (χ3n) is 4.59. The number of hydrogen-bond donors (Lipinski definition) is 2. The fourth-order valence-electron chi connectivity index (χ4n) is 2.96. The quantitative estimate of drug-likeness (QED) is 0.778. The zero-order chi connectivity index (χ0) is 21.0. The Morgan fingerprint density at radius 3 is 1.27 bits per heavy atom. The normalized spacial score (nSPS) is 17.3. The third kappa shape index (κ3) is 7.23. The molecular weight excluding hydrogens is 384 g/mol. The molecule has 1 saturated heterocycles. The van der Waals surface area contributed by atoms with E-state index in [2.05, 4.69) is 10.6 Å². The molecule has 8 nitrogen and oxygen atoms in total. The lowest BCUT2D eigenvalue weighted by Crippen LogP contribution is -2.44. The van der Waals surface area contributed by atoms with Crippen molar-refractivity contribution in [2.24, 2.45) is 0 Å². The van der Waals surface area contributed by atoms with Gasteiger partial charge in [0.05, 0.1) is 11.1 Å². The molecule has 160 valence electrons. The van der Waals surface area contributed by atoms with Crippen molar-refractivity contribution >= 4 is 11.9 Å². The minimum atomic E-state index is -0.360. The summed E-state index contributed by atoms with van der Waals surface area (Å²) >= 11 is 0. The molecule has 0 unspecified atom stereocenters. The van der Waals surface area contributed by atoms with Crippen LogP contribution in [0.15, 0.2) is 60.7 Å². The van der Waals surface area contributed by atoms with Crippen molar-refractivity contribution < 1.29 is 19.3 Å². The van der Waals surface area contributed by atoms with E-state index >= 15 is 0 Å². The minimum absolute atomic E-state index is 0.360. The Kier molecular flexibility index (Phi) is 8.80. The summed E-state index contributed by atoms with van der Waals surface area (Å²) in [5.74, 6) is -0.719. The Labute approximate surface area is 176 Å². The second-order valence-corrected chi connectivity index (χ2v) is 6.85. The fourth-order valence-corrected chi connectivity index (χ4v) is 2.96. The van der Waals surface area contributed by atoms with Crippen molar-refractivity contribution in [3.63, 3.8) is 0 Å². The average Bonchev–Trinajstić information content (AvgIpc) is 2.78. The summed E-state index contributed by atoms with van der Waals surface area (Å²) < 4.78 is 0. The number of nitrogens with one attached hydrogen (secondary N) is 2. The summed E-state index contributed by atoms with van der Waals surface area (Å²) in [5.41, 5.74) is 1.06. The Morgan fingerprint density at radius 1 is 0.600 bits per heavy atom. The van der Waals surface area contributed by atoms with Gasteiger partial charge in [-0.2, -0.15) is 0 Å². The monoisotopic (exact) mass is 412 g/mol. The molecule has 30 heavy (non-hydrogen) atoms. The van der Waals surface area contributed by atoms with Gasteiger partial charge >= 0.3 is 11.9 Å². The molecule has 0 aliphatic carbocycles. The van der Waals surface area contributed by atoms with Gasteiger partial charge in [0.25, 0.3) is 0 Å². The molecule has 2 aromatic carbocycles. The van der Waals surface area contributed by atoms with Crippen molar-refractivity contribution in [1.82, 2.24) is 20.8 Å². The second kappa shape index (κ2) is 12.0. The molecule has 1 aliphatic rings. The summed E-state index contributed by atoms with van der Waals surface area (Å²) in [6.45, 7) is 4.80. The second-order valence-electron chi connectivity index (χ2n) is 6.85. The fraction of sp³-hybridized carbons (Fsp3) is 0.364. The summed E-state index contributed by atoms with van der Waals surface area (Å²) in [6, 6.07) is 17.9. The molecule has 0 aromatic heterocycles. The van der Waals surface area contributed by atoms with Gasteiger partial charge in [-0.25, -0.2) is 9.59 Å². The van der Waals surface area contributed by atoms with Gasteiger partial charge in [0.15, 0.2) is 0 Å². The molecule has 1 aliphatic heterocycles. The van der Waals surface area contributed by atoms with Crippen LogP contribution < -0.4 is 10.6 Å². The Morgan fingerprint density at radius 2 is 0.933 bits per heavy atom. The third-order valence-corrected chi connectivity index (χ3v) is 4.59. The number of carbonyl (C=O) groups is 2. The summed E-state index contributed by atoms with van der Waals surface area (Å²) in [4.78, 5) is 35.7. The van der Waals surface area contributed by atoms with Crippen molar-refractivity contribution in [2.45, 2.75) is 0 Å². The maximum atomic E-state index is 12.3. The van der Waals surface area contributed by atoms with Gasteiger partial charge in [0, 0.05) is 52.4 Å². The SMILES string of the molecule is O=C(ON1CCNCCN(OC(=O)c2ccccc2)CCNCC1)c1ccccc1. The highest BCUT2D eigenvalue weighted by Gasteiger charge is 2.16. The first-order chi connectivity index (χ1) is 14.7. The van der Waals surface area contributed by atoms with E-state index in [-0.39, 0.29) is 11.9 Å². The number of carbonyl (C=O) groups excluding carboxylic acids is 2. The van der Waals surface area contributed by atoms with Crippen LogP contribution in [-0.2, 0) is 9.68 Å². The van der Waals surface area contributed by atoms with E-state index in [1.807, 2.05) is 36.4 Å². The van der Waals surface area contributed by atoms with Gasteiger partial charge in [0.1, 0.15) is 0 Å². The molecule has 1 fully saturated rings. The number of benzene rings is 2. The van der Waals surface area contributed by atoms with Crippen LogP contribution in [0, 0.1) is 0 Å². The van der Waals surface area contributed by atoms with E-state index in [1.165, 1.54) is 0 Å². The summed E-state index contributed by atoms with van der Waals surface area (Å²) in [7, 11) is 0. The smallest absolute Gasteiger partial charge is 0.357 e. The summed E-state index contributed by atoms with van der Waals surface area (Å²) in [6.07, 6.45) is 0. The van der Waals surface area contributed by atoms with Crippen LogP contribution in [0.4, 0.5) is 0 Å². The van der Waals surface area contributed by atoms with E-state index < -0.39 is 0 Å². The van der Waals surface area contributed by atoms with E-state index in [9.17, 15) is 9.59 Å². The average molecular weight is 412 g/mol. The van der Waals surface area contributed by atoms with Gasteiger partial charge in [-0.05, 0) is 24.3 Å². The van der Waals surface area contributed by atoms with Crippen LogP contribution in [0.2, 0.25) is 0 Å². The van der Waals surface area contributed by atoms with Crippen LogP contribution in [0.5, 0.6) is 0 Å². The molecule has 3 rings (SSSR count). The van der Waals surface area contributed by atoms with Crippen molar-refractivity contribution in [1.29, 1.82) is 0 Å². The van der Waals surface area contributed by atoms with Gasteiger partial charge in [0.2, 0.25) is 0 Å². The van der Waals surface area contributed by atoms with Crippen molar-refractivity contribution in [2.75, 3.05) is 52.4 Å². The summed E-state index contributed by atoms with van der Waals surface area (Å²) in [5, 5.41) is 9.95. The van der Waals surface area contributed by atoms with Crippen molar-refractivity contribution in [3.8, 4) is 0 Å². The van der Waals surface area contributed by atoms with E-state index in [1.54, 1.807) is 34.4 Å². The predicted octanol–water partition coefficient (Wildman–Crippen LogP) is 1.33. The van der Waals surface area contributed by atoms with Crippen LogP contribution in [0.3, 0.4) is 0 Å². The van der Waals surface area contributed by atoms with Gasteiger partial charge < -0.3 is 20.3 Å². The van der Waals surface area contributed by atoms with Gasteiger partial charge in [-0.1, -0.05) is 36.4 Å². The van der Waals surface area contributed by atoms with Gasteiger partial charge in [-0.15, -0.1) is 10.1 Å². The first kappa shape index (κ1) is 21.9. The van der Waals surface area contributed by atoms with E-state index in [0.717, 1.165) is 0 Å². The Balaban J connectivity index is 1.46. The maximum absolute atomic E-state index is 12.3. The first-order valence-electron chi connectivity index (χ1n) is 10.2. The Bertz CT molecular complexity index is 709. The number of nitrogens with zero attached hydrogens (tertiary/aromatic N) is 2. The topological polar surface area (TPSA) is 83.1 Å². The zero-order valence-corrected chi connectivity index (χ0v) is 17.0. The molecule has 0 radical (unpaired) electrons. The maximum Gasteiger partial charge on any atom is 0.357 e. The van der Waals surface area contributed by atoms with Crippen LogP contribution in [-0.4, -0.2) is 74.4 Å². The molecule has 8 heteroatoms. The van der Waals surface area contributed by atoms with Crippen LogP contribution in [0.25, 0.3) is 0 Å². The zero-order valence-electron chi connectivity index (χ0n) is 17.0. The molecule has 2 aromatic rings. The highest BCUT2D eigenvalue weighted by Crippen LogP contribution is 2.05. The minimum Gasteiger partial charge on any atom is -0.364 e. The number of hydroxylamine groups is 4. The number of hydrogen-bond acceptors (Lipinski definition) is 8. The van der Waals surface area contributed by atoms with Gasteiger partial charge in [-0.3, -0.25) is 0 Å². The lowest BCUT2D eigenvalue weighted by molar-refractivity contribution is -0.114. The van der Waals surface area contributed by atoms with Crippen LogP contribution >= 0.6 is 0 Å². The molecule has 1 heterocycles. The van der Waals surface area contributed by atoms with E-state index in [4.69, 9.17) is 9.68 Å². The van der Waals surface area contributed by atoms with Crippen molar-refractivity contribution in [3.05, 3.63) is 71.8 Å². The highest BCUT2D eigenvalue weighted by molar-refractivity contribution is 5.89. The molecule has 0 spiro atoms. The first-order valence-corrected chi connectivity index (χ1v) is 10.2. The molecule has 0 atom stereocenters. The highest BCUT2D eigenvalue weighted by atomic mass is 16.7. The molecular formula is C22H28N4O4.